The van der Waals surface area contributed by atoms with Crippen LogP contribution < -0.4 is 10.1 Å². The molecule has 5 heteroatoms. The number of halogens is 1. The van der Waals surface area contributed by atoms with Gasteiger partial charge in [-0.3, -0.25) is 4.79 Å². The smallest absolute Gasteiger partial charge is 0.266 e. The summed E-state index contributed by atoms with van der Waals surface area (Å²) in [4.78, 5) is 12.6. The number of fused-ring (bicyclic) bond motifs is 1. The molecule has 0 atom stereocenters. The summed E-state index contributed by atoms with van der Waals surface area (Å²) in [6, 6.07) is 18.7. The van der Waals surface area contributed by atoms with Gasteiger partial charge in [0.1, 0.15) is 17.4 Å². The molecule has 0 bridgehead atoms. The molecule has 0 heterocycles. The highest BCUT2D eigenvalue weighted by Gasteiger charge is 2.13. The number of benzene rings is 3. The predicted octanol–water partition coefficient (Wildman–Crippen LogP) is 5.75. The SMILES string of the molecule is CCOc1ccc(/C=C(\C#N)C(=O)Nc2cccc(Cl)c2C)c2ccccc12. The van der Waals surface area contributed by atoms with Crippen LogP contribution in [0.2, 0.25) is 5.02 Å². The molecule has 1 N–H and O–H groups in total. The fraction of sp³-hybridized carbons (Fsp3) is 0.130. The topological polar surface area (TPSA) is 62.1 Å². The molecule has 28 heavy (non-hydrogen) atoms. The highest BCUT2D eigenvalue weighted by molar-refractivity contribution is 6.31. The second-order valence-corrected chi connectivity index (χ2v) is 6.58. The van der Waals surface area contributed by atoms with Crippen molar-refractivity contribution in [2.75, 3.05) is 11.9 Å². The summed E-state index contributed by atoms with van der Waals surface area (Å²) in [7, 11) is 0. The van der Waals surface area contributed by atoms with Crippen LogP contribution >= 0.6 is 11.6 Å². The lowest BCUT2D eigenvalue weighted by atomic mass is 10.0. The standard InChI is InChI=1S/C23H19ClN2O2/c1-3-28-22-12-11-16(18-7-4-5-8-19(18)22)13-17(14-25)23(27)26-21-10-6-9-20(24)15(21)2/h4-13H,3H2,1-2H3,(H,26,27)/b17-13+. The summed E-state index contributed by atoms with van der Waals surface area (Å²) in [5.41, 5.74) is 2.11. The summed E-state index contributed by atoms with van der Waals surface area (Å²) in [6.07, 6.45) is 1.59. The average molecular weight is 391 g/mol. The molecule has 4 nitrogen and oxygen atoms in total. The van der Waals surface area contributed by atoms with Crippen molar-refractivity contribution in [2.45, 2.75) is 13.8 Å². The first-order valence-corrected chi connectivity index (χ1v) is 9.25. The summed E-state index contributed by atoms with van der Waals surface area (Å²) >= 11 is 6.10. The van der Waals surface area contributed by atoms with Gasteiger partial charge in [0.15, 0.2) is 0 Å². The van der Waals surface area contributed by atoms with Crippen molar-refractivity contribution in [2.24, 2.45) is 0 Å². The lowest BCUT2D eigenvalue weighted by molar-refractivity contribution is -0.112. The monoisotopic (exact) mass is 390 g/mol. The van der Waals surface area contributed by atoms with Gasteiger partial charge in [-0.15, -0.1) is 0 Å². The van der Waals surface area contributed by atoms with Crippen molar-refractivity contribution < 1.29 is 9.53 Å². The van der Waals surface area contributed by atoms with Gasteiger partial charge in [-0.2, -0.15) is 5.26 Å². The molecule has 3 aromatic carbocycles. The van der Waals surface area contributed by atoms with Crippen LogP contribution in [0.25, 0.3) is 16.8 Å². The van der Waals surface area contributed by atoms with Gasteiger partial charge in [-0.1, -0.05) is 48.0 Å². The van der Waals surface area contributed by atoms with Gasteiger partial charge in [0.25, 0.3) is 5.91 Å². The van der Waals surface area contributed by atoms with Crippen molar-refractivity contribution in [1.29, 1.82) is 5.26 Å². The van der Waals surface area contributed by atoms with E-state index in [1.807, 2.05) is 56.3 Å². The minimum Gasteiger partial charge on any atom is -0.493 e. The molecule has 0 aliphatic rings. The minimum atomic E-state index is -0.481. The van der Waals surface area contributed by atoms with Crippen LogP contribution in [-0.4, -0.2) is 12.5 Å². The first-order valence-electron chi connectivity index (χ1n) is 8.88. The lowest BCUT2D eigenvalue weighted by Crippen LogP contribution is -2.14. The number of anilines is 1. The van der Waals surface area contributed by atoms with E-state index in [-0.39, 0.29) is 5.57 Å². The Balaban J connectivity index is 1.99. The molecule has 0 fully saturated rings. The second kappa shape index (κ2) is 8.60. The zero-order chi connectivity index (χ0) is 20.1. The third kappa shape index (κ3) is 4.00. The van der Waals surface area contributed by atoms with E-state index in [0.717, 1.165) is 27.6 Å². The first-order chi connectivity index (χ1) is 13.5. The minimum absolute atomic E-state index is 0.00804. The number of nitrogens with zero attached hydrogens (tertiary/aromatic N) is 1. The second-order valence-electron chi connectivity index (χ2n) is 6.17. The van der Waals surface area contributed by atoms with Gasteiger partial charge in [0, 0.05) is 16.1 Å². The van der Waals surface area contributed by atoms with Gasteiger partial charge in [-0.25, -0.2) is 0 Å². The van der Waals surface area contributed by atoms with E-state index in [1.165, 1.54) is 0 Å². The Bertz CT molecular complexity index is 1110. The Morgan fingerprint density at radius 3 is 2.61 bits per heavy atom. The van der Waals surface area contributed by atoms with Crippen molar-refractivity contribution in [1.82, 2.24) is 0 Å². The fourth-order valence-corrected chi connectivity index (χ4v) is 3.11. The lowest BCUT2D eigenvalue weighted by Gasteiger charge is -2.11. The molecule has 0 aliphatic heterocycles. The number of rotatable bonds is 5. The highest BCUT2D eigenvalue weighted by atomic mass is 35.5. The quantitative estimate of drug-likeness (QED) is 0.446. The molecule has 140 valence electrons. The largest absolute Gasteiger partial charge is 0.493 e. The van der Waals surface area contributed by atoms with Crippen LogP contribution in [0.3, 0.4) is 0 Å². The van der Waals surface area contributed by atoms with Gasteiger partial charge < -0.3 is 10.1 Å². The predicted molar refractivity (Wildman–Crippen MR) is 114 cm³/mol. The summed E-state index contributed by atoms with van der Waals surface area (Å²) in [5.74, 6) is 0.290. The fourth-order valence-electron chi connectivity index (χ4n) is 2.94. The molecular weight excluding hydrogens is 372 g/mol. The molecule has 0 spiro atoms. The highest BCUT2D eigenvalue weighted by Crippen LogP contribution is 2.30. The number of hydrogen-bond acceptors (Lipinski definition) is 3. The third-order valence-electron chi connectivity index (χ3n) is 4.40. The van der Waals surface area contributed by atoms with E-state index in [9.17, 15) is 10.1 Å². The van der Waals surface area contributed by atoms with Crippen molar-refractivity contribution in [3.63, 3.8) is 0 Å². The van der Waals surface area contributed by atoms with Gasteiger partial charge in [0.2, 0.25) is 0 Å². The maximum atomic E-state index is 12.6. The Morgan fingerprint density at radius 2 is 1.89 bits per heavy atom. The van der Waals surface area contributed by atoms with Crippen molar-refractivity contribution in [3.8, 4) is 11.8 Å². The molecule has 3 rings (SSSR count). The molecular formula is C23H19ClN2O2. The van der Waals surface area contributed by atoms with E-state index >= 15 is 0 Å². The summed E-state index contributed by atoms with van der Waals surface area (Å²) in [5, 5.41) is 14.7. The van der Waals surface area contributed by atoms with Crippen molar-refractivity contribution in [3.05, 3.63) is 76.3 Å². The number of carbonyl (C=O) groups is 1. The van der Waals surface area contributed by atoms with E-state index in [2.05, 4.69) is 5.32 Å². The molecule has 1 amide bonds. The number of nitrogens with one attached hydrogen (secondary N) is 1. The number of amides is 1. The molecule has 0 saturated carbocycles. The van der Waals surface area contributed by atoms with Crippen LogP contribution in [0.15, 0.2) is 60.2 Å². The van der Waals surface area contributed by atoms with Crippen LogP contribution in [0, 0.1) is 18.3 Å². The van der Waals surface area contributed by atoms with Gasteiger partial charge in [-0.05, 0) is 54.6 Å². The van der Waals surface area contributed by atoms with E-state index in [4.69, 9.17) is 16.3 Å². The average Bonchev–Trinajstić information content (AvgIpc) is 2.71. The van der Waals surface area contributed by atoms with E-state index in [0.29, 0.717) is 17.3 Å². The molecule has 0 saturated heterocycles. The number of nitriles is 1. The molecule has 3 aromatic rings. The summed E-state index contributed by atoms with van der Waals surface area (Å²) in [6.45, 7) is 4.30. The zero-order valence-electron chi connectivity index (χ0n) is 15.6. The maximum Gasteiger partial charge on any atom is 0.266 e. The van der Waals surface area contributed by atoms with E-state index < -0.39 is 5.91 Å². The Hall–Kier alpha value is -3.29. The summed E-state index contributed by atoms with van der Waals surface area (Å²) < 4.78 is 5.68. The Kier molecular flexibility index (Phi) is 5.98. The number of ether oxygens (including phenoxy) is 1. The van der Waals surface area contributed by atoms with Crippen LogP contribution in [0.1, 0.15) is 18.1 Å². The molecule has 0 aliphatic carbocycles. The normalized spacial score (nSPS) is 11.1. The molecule has 0 unspecified atom stereocenters. The van der Waals surface area contributed by atoms with Crippen LogP contribution in [-0.2, 0) is 4.79 Å². The van der Waals surface area contributed by atoms with Gasteiger partial charge >= 0.3 is 0 Å². The maximum absolute atomic E-state index is 12.6. The molecule has 0 radical (unpaired) electrons. The Labute approximate surface area is 169 Å². The third-order valence-corrected chi connectivity index (χ3v) is 4.81. The van der Waals surface area contributed by atoms with E-state index in [1.54, 1.807) is 24.3 Å². The van der Waals surface area contributed by atoms with Crippen molar-refractivity contribution >= 4 is 40.0 Å². The number of carbonyl (C=O) groups excluding carboxylic acids is 1. The van der Waals surface area contributed by atoms with Crippen LogP contribution in [0.4, 0.5) is 5.69 Å². The molecule has 0 aromatic heterocycles. The first kappa shape index (κ1) is 19.5. The van der Waals surface area contributed by atoms with Crippen LogP contribution in [0.5, 0.6) is 5.75 Å². The van der Waals surface area contributed by atoms with Gasteiger partial charge in [0.05, 0.1) is 6.61 Å². The number of hydrogen-bond donors (Lipinski definition) is 1. The zero-order valence-corrected chi connectivity index (χ0v) is 16.4. The Morgan fingerprint density at radius 1 is 1.14 bits per heavy atom.